The quantitative estimate of drug-likeness (QED) is 0.638. The summed E-state index contributed by atoms with van der Waals surface area (Å²) in [5.74, 6) is 0. The van der Waals surface area contributed by atoms with Gasteiger partial charge in [-0.05, 0) is 32.2 Å². The zero-order valence-electron chi connectivity index (χ0n) is 7.79. The zero-order chi connectivity index (χ0) is 8.65. The summed E-state index contributed by atoms with van der Waals surface area (Å²) in [6.07, 6.45) is 10.9. The summed E-state index contributed by atoms with van der Waals surface area (Å²) < 4.78 is 0. The maximum absolute atomic E-state index is 3.04. The first-order chi connectivity index (χ1) is 5.93. The average Bonchev–Trinajstić information content (AvgIpc) is 2.81. The van der Waals surface area contributed by atoms with Crippen LogP contribution in [0, 0.1) is 0 Å². The van der Waals surface area contributed by atoms with Gasteiger partial charge in [-0.2, -0.15) is 0 Å². The first-order valence-electron chi connectivity index (χ1n) is 4.72. The van der Waals surface area contributed by atoms with Crippen molar-refractivity contribution in [1.82, 2.24) is 10.2 Å². The van der Waals surface area contributed by atoms with Gasteiger partial charge in [-0.3, -0.25) is 0 Å². The van der Waals surface area contributed by atoms with Crippen LogP contribution in [0.2, 0.25) is 0 Å². The van der Waals surface area contributed by atoms with Crippen LogP contribution in [0.3, 0.4) is 0 Å². The molecule has 0 aromatic carbocycles. The second-order valence-electron chi connectivity index (χ2n) is 2.95. The van der Waals surface area contributed by atoms with Crippen LogP contribution in [-0.4, -0.2) is 24.5 Å². The highest BCUT2D eigenvalue weighted by molar-refractivity contribution is 4.89. The molecule has 0 amide bonds. The molecule has 0 unspecified atom stereocenters. The van der Waals surface area contributed by atoms with Crippen molar-refractivity contribution in [3.8, 4) is 0 Å². The summed E-state index contributed by atoms with van der Waals surface area (Å²) >= 11 is 0. The standard InChI is InChI=1S/C6H11N.C4H7N/c1-2-7-5-3-4-6-7;1-2-4-5-3-1/h3,5H,2,4,6H2,1H3;1,3,5H,2,4H2. The molecule has 0 atom stereocenters. The van der Waals surface area contributed by atoms with Crippen LogP contribution >= 0.6 is 0 Å². The Morgan fingerprint density at radius 3 is 2.50 bits per heavy atom. The minimum absolute atomic E-state index is 1.14. The fourth-order valence-corrected chi connectivity index (χ4v) is 1.22. The minimum Gasteiger partial charge on any atom is -0.391 e. The highest BCUT2D eigenvalue weighted by Gasteiger charge is 1.97. The van der Waals surface area contributed by atoms with Crippen molar-refractivity contribution in [3.63, 3.8) is 0 Å². The van der Waals surface area contributed by atoms with Gasteiger partial charge in [0.2, 0.25) is 0 Å². The molecule has 2 heteroatoms. The third kappa shape index (κ3) is 3.46. The predicted octanol–water partition coefficient (Wildman–Crippen LogP) is 1.72. The van der Waals surface area contributed by atoms with Gasteiger partial charge in [0.25, 0.3) is 0 Å². The summed E-state index contributed by atoms with van der Waals surface area (Å²) in [5, 5.41) is 3.04. The molecule has 2 aliphatic rings. The molecular formula is C10H18N2. The fourth-order valence-electron chi connectivity index (χ4n) is 1.22. The Kier molecular flexibility index (Phi) is 4.35. The Balaban J connectivity index is 0.000000127. The second kappa shape index (κ2) is 5.70. The molecule has 0 fully saturated rings. The largest absolute Gasteiger partial charge is 0.391 e. The molecule has 0 saturated heterocycles. The van der Waals surface area contributed by atoms with Crippen LogP contribution < -0.4 is 5.32 Å². The van der Waals surface area contributed by atoms with E-state index in [4.69, 9.17) is 0 Å². The van der Waals surface area contributed by atoms with Crippen molar-refractivity contribution >= 4 is 0 Å². The summed E-state index contributed by atoms with van der Waals surface area (Å²) in [6, 6.07) is 0. The molecule has 0 radical (unpaired) electrons. The monoisotopic (exact) mass is 166 g/mol. The molecule has 2 heterocycles. The van der Waals surface area contributed by atoms with E-state index in [-0.39, 0.29) is 0 Å². The van der Waals surface area contributed by atoms with Crippen molar-refractivity contribution < 1.29 is 0 Å². The Labute approximate surface area is 74.9 Å². The van der Waals surface area contributed by atoms with Crippen molar-refractivity contribution in [3.05, 3.63) is 24.6 Å². The van der Waals surface area contributed by atoms with Crippen molar-refractivity contribution in [1.29, 1.82) is 0 Å². The molecule has 0 spiro atoms. The van der Waals surface area contributed by atoms with E-state index in [0.29, 0.717) is 0 Å². The number of hydrogen-bond donors (Lipinski definition) is 1. The van der Waals surface area contributed by atoms with Gasteiger partial charge in [0.05, 0.1) is 0 Å². The maximum Gasteiger partial charge on any atom is 0.0207 e. The van der Waals surface area contributed by atoms with Crippen molar-refractivity contribution in [2.24, 2.45) is 0 Å². The zero-order valence-corrected chi connectivity index (χ0v) is 7.79. The topological polar surface area (TPSA) is 15.3 Å². The van der Waals surface area contributed by atoms with Gasteiger partial charge < -0.3 is 10.2 Å². The molecule has 2 aliphatic heterocycles. The molecule has 12 heavy (non-hydrogen) atoms. The molecule has 0 bridgehead atoms. The molecule has 2 nitrogen and oxygen atoms in total. The van der Waals surface area contributed by atoms with E-state index in [2.05, 4.69) is 35.5 Å². The lowest BCUT2D eigenvalue weighted by Gasteiger charge is -2.09. The molecule has 0 aliphatic carbocycles. The Morgan fingerprint density at radius 1 is 1.33 bits per heavy atom. The van der Waals surface area contributed by atoms with Crippen LogP contribution in [-0.2, 0) is 0 Å². The number of nitrogens with zero attached hydrogens (tertiary/aromatic N) is 1. The van der Waals surface area contributed by atoms with Gasteiger partial charge in [0.15, 0.2) is 0 Å². The molecule has 0 aromatic heterocycles. The van der Waals surface area contributed by atoms with E-state index >= 15 is 0 Å². The summed E-state index contributed by atoms with van der Waals surface area (Å²) in [6.45, 7) is 5.71. The lowest BCUT2D eigenvalue weighted by Crippen LogP contribution is -2.12. The minimum atomic E-state index is 1.14. The first-order valence-corrected chi connectivity index (χ1v) is 4.72. The van der Waals surface area contributed by atoms with Gasteiger partial charge in [0.1, 0.15) is 0 Å². The highest BCUT2D eigenvalue weighted by Crippen LogP contribution is 2.00. The smallest absolute Gasteiger partial charge is 0.0207 e. The van der Waals surface area contributed by atoms with E-state index in [1.54, 1.807) is 0 Å². The van der Waals surface area contributed by atoms with Crippen LogP contribution in [0.5, 0.6) is 0 Å². The molecule has 2 rings (SSSR count). The van der Waals surface area contributed by atoms with E-state index in [0.717, 1.165) is 13.1 Å². The number of hydrogen-bond acceptors (Lipinski definition) is 2. The van der Waals surface area contributed by atoms with Crippen molar-refractivity contribution in [2.75, 3.05) is 19.6 Å². The summed E-state index contributed by atoms with van der Waals surface area (Å²) in [5.41, 5.74) is 0. The molecular weight excluding hydrogens is 148 g/mol. The van der Waals surface area contributed by atoms with Gasteiger partial charge in [0, 0.05) is 19.6 Å². The maximum atomic E-state index is 3.04. The van der Waals surface area contributed by atoms with Gasteiger partial charge in [-0.25, -0.2) is 0 Å². The molecule has 1 N–H and O–H groups in total. The molecule has 0 aromatic rings. The summed E-state index contributed by atoms with van der Waals surface area (Å²) in [4.78, 5) is 2.31. The number of nitrogens with one attached hydrogen (secondary N) is 1. The van der Waals surface area contributed by atoms with Crippen LogP contribution in [0.1, 0.15) is 19.8 Å². The third-order valence-electron chi connectivity index (χ3n) is 2.00. The molecule has 68 valence electrons. The van der Waals surface area contributed by atoms with E-state index in [9.17, 15) is 0 Å². The van der Waals surface area contributed by atoms with E-state index < -0.39 is 0 Å². The first kappa shape index (κ1) is 9.17. The Bertz CT molecular complexity index is 155. The third-order valence-corrected chi connectivity index (χ3v) is 2.00. The van der Waals surface area contributed by atoms with Gasteiger partial charge >= 0.3 is 0 Å². The Morgan fingerprint density at radius 2 is 2.25 bits per heavy atom. The van der Waals surface area contributed by atoms with Crippen LogP contribution in [0.4, 0.5) is 0 Å². The van der Waals surface area contributed by atoms with Crippen LogP contribution in [0.15, 0.2) is 24.6 Å². The summed E-state index contributed by atoms with van der Waals surface area (Å²) in [7, 11) is 0. The van der Waals surface area contributed by atoms with Crippen LogP contribution in [0.25, 0.3) is 0 Å². The fraction of sp³-hybridized carbons (Fsp3) is 0.600. The highest BCUT2D eigenvalue weighted by atomic mass is 15.1. The lowest BCUT2D eigenvalue weighted by atomic mass is 10.5. The van der Waals surface area contributed by atoms with E-state index in [1.165, 1.54) is 19.4 Å². The molecule has 0 saturated carbocycles. The lowest BCUT2D eigenvalue weighted by molar-refractivity contribution is 0.430. The van der Waals surface area contributed by atoms with Crippen molar-refractivity contribution in [2.45, 2.75) is 19.8 Å². The van der Waals surface area contributed by atoms with E-state index in [1.807, 2.05) is 6.20 Å². The normalized spacial score (nSPS) is 18.9. The second-order valence-corrected chi connectivity index (χ2v) is 2.95. The predicted molar refractivity (Wildman–Crippen MR) is 52.8 cm³/mol. The number of rotatable bonds is 1. The SMILES string of the molecule is C1=CNCC1.CCN1C=CCC1. The Hall–Kier alpha value is -0.920. The van der Waals surface area contributed by atoms with Gasteiger partial charge in [-0.1, -0.05) is 12.2 Å². The average molecular weight is 166 g/mol. The van der Waals surface area contributed by atoms with Gasteiger partial charge in [-0.15, -0.1) is 0 Å².